The number of fused-ring (bicyclic) bond motifs is 2. The predicted octanol–water partition coefficient (Wildman–Crippen LogP) is 2.47. The van der Waals surface area contributed by atoms with Crippen LogP contribution in [0.5, 0.6) is 0 Å². The molecule has 27 heavy (non-hydrogen) atoms. The summed E-state index contributed by atoms with van der Waals surface area (Å²) in [4.78, 5) is 7.18. The third-order valence-electron chi connectivity index (χ3n) is 5.77. The van der Waals surface area contributed by atoms with Gasteiger partial charge in [0, 0.05) is 51.2 Å². The van der Waals surface area contributed by atoms with Crippen molar-refractivity contribution in [2.45, 2.75) is 39.0 Å². The van der Waals surface area contributed by atoms with Crippen LogP contribution >= 0.6 is 0 Å². The third-order valence-corrected chi connectivity index (χ3v) is 5.77. The van der Waals surface area contributed by atoms with Crippen LogP contribution < -0.4 is 5.32 Å². The van der Waals surface area contributed by atoms with Gasteiger partial charge in [-0.3, -0.25) is 9.58 Å². The molecule has 0 radical (unpaired) electrons. The summed E-state index contributed by atoms with van der Waals surface area (Å²) in [5.74, 6) is 0.974. The molecule has 5 rings (SSSR count). The standard InChI is InChI=1S/C21H26N6/c1-16(14-25-9-6-17-4-2-3-5-18(17)15-25)26-10-8-23-21(26)20-12-19-13-22-7-11-27(19)24-20/h2-5,8,10,12,16,22H,6-7,9,11,13-15H2,1H3. The molecular weight excluding hydrogens is 336 g/mol. The van der Waals surface area contributed by atoms with Crippen molar-refractivity contribution in [1.82, 2.24) is 29.5 Å². The molecule has 0 aliphatic carbocycles. The second kappa shape index (κ2) is 6.94. The van der Waals surface area contributed by atoms with Crippen molar-refractivity contribution in [2.75, 3.05) is 19.6 Å². The van der Waals surface area contributed by atoms with Gasteiger partial charge in [0.05, 0.1) is 12.2 Å². The molecule has 6 nitrogen and oxygen atoms in total. The first kappa shape index (κ1) is 16.7. The van der Waals surface area contributed by atoms with Gasteiger partial charge < -0.3 is 9.88 Å². The smallest absolute Gasteiger partial charge is 0.160 e. The van der Waals surface area contributed by atoms with Crippen LogP contribution in [0.25, 0.3) is 11.5 Å². The molecule has 4 heterocycles. The molecule has 1 N–H and O–H groups in total. The molecule has 6 heteroatoms. The summed E-state index contributed by atoms with van der Waals surface area (Å²) in [6.07, 6.45) is 5.13. The molecule has 1 aromatic carbocycles. The number of hydrogen-bond acceptors (Lipinski definition) is 4. The second-order valence-corrected chi connectivity index (χ2v) is 7.68. The number of benzene rings is 1. The normalized spacial score (nSPS) is 18.1. The summed E-state index contributed by atoms with van der Waals surface area (Å²) in [6, 6.07) is 11.3. The lowest BCUT2D eigenvalue weighted by Gasteiger charge is -2.31. The SMILES string of the molecule is CC(CN1CCc2ccccc2C1)n1ccnc1-c1cc2n(n1)CCNC2. The van der Waals surface area contributed by atoms with Crippen LogP contribution in [0.2, 0.25) is 0 Å². The summed E-state index contributed by atoms with van der Waals surface area (Å²) in [6.45, 7) is 8.26. The molecule has 2 aliphatic heterocycles. The van der Waals surface area contributed by atoms with Crippen LogP contribution in [0, 0.1) is 0 Å². The molecular formula is C21H26N6. The van der Waals surface area contributed by atoms with Gasteiger partial charge in [0.15, 0.2) is 5.82 Å². The topological polar surface area (TPSA) is 50.9 Å². The highest BCUT2D eigenvalue weighted by molar-refractivity contribution is 5.50. The van der Waals surface area contributed by atoms with E-state index in [1.807, 2.05) is 6.20 Å². The summed E-state index contributed by atoms with van der Waals surface area (Å²) in [5.41, 5.74) is 5.19. The van der Waals surface area contributed by atoms with Crippen molar-refractivity contribution in [2.24, 2.45) is 0 Å². The fourth-order valence-electron chi connectivity index (χ4n) is 4.34. The Kier molecular flexibility index (Phi) is 4.30. The Morgan fingerprint density at radius 1 is 1.19 bits per heavy atom. The molecule has 0 fully saturated rings. The Bertz CT molecular complexity index is 916. The monoisotopic (exact) mass is 362 g/mol. The van der Waals surface area contributed by atoms with Gasteiger partial charge in [-0.2, -0.15) is 5.10 Å². The average molecular weight is 362 g/mol. The Morgan fingerprint density at radius 3 is 2.96 bits per heavy atom. The van der Waals surface area contributed by atoms with Gasteiger partial charge in [0.25, 0.3) is 0 Å². The van der Waals surface area contributed by atoms with Gasteiger partial charge in [-0.15, -0.1) is 0 Å². The Balaban J connectivity index is 1.34. The number of rotatable bonds is 4. The molecule has 2 aliphatic rings. The van der Waals surface area contributed by atoms with Gasteiger partial charge in [-0.05, 0) is 30.5 Å². The highest BCUT2D eigenvalue weighted by atomic mass is 15.3. The maximum absolute atomic E-state index is 4.79. The molecule has 0 saturated heterocycles. The van der Waals surface area contributed by atoms with E-state index in [1.165, 1.54) is 16.8 Å². The van der Waals surface area contributed by atoms with E-state index in [0.29, 0.717) is 6.04 Å². The molecule has 0 saturated carbocycles. The summed E-state index contributed by atoms with van der Waals surface area (Å²) < 4.78 is 4.39. The Morgan fingerprint density at radius 2 is 2.07 bits per heavy atom. The number of hydrogen-bond donors (Lipinski definition) is 1. The second-order valence-electron chi connectivity index (χ2n) is 7.68. The van der Waals surface area contributed by atoms with Crippen LogP contribution in [-0.2, 0) is 26.1 Å². The van der Waals surface area contributed by atoms with E-state index in [1.54, 1.807) is 0 Å². The van der Waals surface area contributed by atoms with E-state index < -0.39 is 0 Å². The Hall–Kier alpha value is -2.44. The largest absolute Gasteiger partial charge is 0.326 e. The van der Waals surface area contributed by atoms with E-state index in [2.05, 4.69) is 67.9 Å². The lowest BCUT2D eigenvalue weighted by molar-refractivity contribution is 0.221. The van der Waals surface area contributed by atoms with Crippen LogP contribution in [0.1, 0.15) is 29.8 Å². The lowest BCUT2D eigenvalue weighted by atomic mass is 9.99. The summed E-state index contributed by atoms with van der Waals surface area (Å²) >= 11 is 0. The fraction of sp³-hybridized carbons (Fsp3) is 0.429. The van der Waals surface area contributed by atoms with Crippen molar-refractivity contribution >= 4 is 0 Å². The van der Waals surface area contributed by atoms with E-state index in [4.69, 9.17) is 5.10 Å². The molecule has 3 aromatic rings. The number of aromatic nitrogens is 4. The maximum atomic E-state index is 4.79. The van der Waals surface area contributed by atoms with Crippen LogP contribution in [-0.4, -0.2) is 43.9 Å². The minimum absolute atomic E-state index is 0.351. The highest BCUT2D eigenvalue weighted by Gasteiger charge is 2.21. The molecule has 0 amide bonds. The third kappa shape index (κ3) is 3.19. The van der Waals surface area contributed by atoms with E-state index >= 15 is 0 Å². The zero-order valence-corrected chi connectivity index (χ0v) is 15.8. The van der Waals surface area contributed by atoms with Gasteiger partial charge in [0.1, 0.15) is 5.69 Å². The minimum Gasteiger partial charge on any atom is -0.326 e. The number of nitrogens with one attached hydrogen (secondary N) is 1. The van der Waals surface area contributed by atoms with Crippen molar-refractivity contribution < 1.29 is 0 Å². The van der Waals surface area contributed by atoms with Gasteiger partial charge in [-0.1, -0.05) is 24.3 Å². The first-order valence-corrected chi connectivity index (χ1v) is 9.88. The molecule has 0 spiro atoms. The zero-order valence-electron chi connectivity index (χ0n) is 15.8. The maximum Gasteiger partial charge on any atom is 0.160 e. The first-order valence-electron chi connectivity index (χ1n) is 9.88. The molecule has 2 aromatic heterocycles. The molecule has 1 unspecified atom stereocenters. The quantitative estimate of drug-likeness (QED) is 0.775. The van der Waals surface area contributed by atoms with Crippen molar-refractivity contribution in [3.8, 4) is 11.5 Å². The lowest BCUT2D eigenvalue weighted by Crippen LogP contribution is -2.34. The van der Waals surface area contributed by atoms with Gasteiger partial charge in [-0.25, -0.2) is 4.98 Å². The number of imidazole rings is 1. The average Bonchev–Trinajstić information content (AvgIpc) is 3.34. The van der Waals surface area contributed by atoms with E-state index in [0.717, 1.165) is 57.2 Å². The number of nitrogens with zero attached hydrogens (tertiary/aromatic N) is 5. The van der Waals surface area contributed by atoms with Crippen molar-refractivity contribution in [3.63, 3.8) is 0 Å². The van der Waals surface area contributed by atoms with Crippen LogP contribution in [0.15, 0.2) is 42.7 Å². The van der Waals surface area contributed by atoms with Crippen molar-refractivity contribution in [1.29, 1.82) is 0 Å². The Labute approximate surface area is 159 Å². The molecule has 1 atom stereocenters. The summed E-state index contributed by atoms with van der Waals surface area (Å²) in [7, 11) is 0. The summed E-state index contributed by atoms with van der Waals surface area (Å²) in [5, 5.41) is 8.20. The zero-order chi connectivity index (χ0) is 18.2. The minimum atomic E-state index is 0.351. The molecule has 140 valence electrons. The highest BCUT2D eigenvalue weighted by Crippen LogP contribution is 2.24. The predicted molar refractivity (Wildman–Crippen MR) is 105 cm³/mol. The van der Waals surface area contributed by atoms with Crippen molar-refractivity contribution in [3.05, 3.63) is 59.5 Å². The first-order chi connectivity index (χ1) is 13.3. The van der Waals surface area contributed by atoms with Gasteiger partial charge >= 0.3 is 0 Å². The van der Waals surface area contributed by atoms with Gasteiger partial charge in [0.2, 0.25) is 0 Å². The molecule has 0 bridgehead atoms. The fourth-order valence-corrected chi connectivity index (χ4v) is 4.34. The van der Waals surface area contributed by atoms with Crippen LogP contribution in [0.3, 0.4) is 0 Å². The van der Waals surface area contributed by atoms with E-state index in [9.17, 15) is 0 Å². The van der Waals surface area contributed by atoms with Crippen LogP contribution in [0.4, 0.5) is 0 Å². The van der Waals surface area contributed by atoms with E-state index in [-0.39, 0.29) is 0 Å².